The van der Waals surface area contributed by atoms with Crippen molar-refractivity contribution in [1.82, 2.24) is 9.88 Å². The normalized spacial score (nSPS) is 13.1. The Morgan fingerprint density at radius 2 is 2.21 bits per heavy atom. The van der Waals surface area contributed by atoms with Gasteiger partial charge in [-0.05, 0) is 37.9 Å². The molecule has 0 unspecified atom stereocenters. The summed E-state index contributed by atoms with van der Waals surface area (Å²) >= 11 is 0. The minimum atomic E-state index is 0.620. The van der Waals surface area contributed by atoms with Gasteiger partial charge in [0.2, 0.25) is 0 Å². The Morgan fingerprint density at radius 3 is 2.86 bits per heavy atom. The fourth-order valence-electron chi connectivity index (χ4n) is 1.46. The van der Waals surface area contributed by atoms with Crippen LogP contribution in [-0.2, 0) is 6.54 Å². The molecule has 0 radical (unpaired) electrons. The molecule has 0 saturated heterocycles. The quantitative estimate of drug-likeness (QED) is 0.689. The van der Waals surface area contributed by atoms with Crippen molar-refractivity contribution in [2.45, 2.75) is 46.2 Å². The molecule has 14 heavy (non-hydrogen) atoms. The molecule has 0 aromatic carbocycles. The third-order valence-electron chi connectivity index (χ3n) is 2.63. The van der Waals surface area contributed by atoms with Crippen LogP contribution in [0.1, 0.15) is 45.2 Å². The third kappa shape index (κ3) is 3.18. The Balaban J connectivity index is 2.42. The van der Waals surface area contributed by atoms with Gasteiger partial charge in [-0.2, -0.15) is 0 Å². The molecule has 0 aliphatic rings. The zero-order valence-electron chi connectivity index (χ0n) is 9.59. The summed E-state index contributed by atoms with van der Waals surface area (Å²) in [5.41, 5.74) is 1.39. The van der Waals surface area contributed by atoms with Crippen molar-refractivity contribution in [3.05, 3.63) is 24.0 Å². The first-order chi connectivity index (χ1) is 6.77. The van der Waals surface area contributed by atoms with Gasteiger partial charge in [0.25, 0.3) is 0 Å². The van der Waals surface area contributed by atoms with E-state index in [1.165, 1.54) is 18.4 Å². The summed E-state index contributed by atoms with van der Waals surface area (Å²) in [7, 11) is 0. The standard InChI is InChI=1S/C12H22N2/c1-4-7-13-9-12-6-8-14(10-12)11(3)5-2/h6,8,10-11,13H,4-5,7,9H2,1-3H3/t11-/m0/s1. The monoisotopic (exact) mass is 194 g/mol. The SMILES string of the molecule is CCCNCc1ccn([C@@H](C)CC)c1. The van der Waals surface area contributed by atoms with Crippen molar-refractivity contribution < 1.29 is 0 Å². The van der Waals surface area contributed by atoms with Gasteiger partial charge in [0, 0.05) is 25.0 Å². The summed E-state index contributed by atoms with van der Waals surface area (Å²) in [6, 6.07) is 2.82. The summed E-state index contributed by atoms with van der Waals surface area (Å²) in [6.07, 6.45) is 6.82. The summed E-state index contributed by atoms with van der Waals surface area (Å²) in [5, 5.41) is 3.41. The molecule has 0 bridgehead atoms. The molecule has 1 rings (SSSR count). The lowest BCUT2D eigenvalue weighted by Gasteiger charge is -2.09. The number of nitrogens with one attached hydrogen (secondary N) is 1. The van der Waals surface area contributed by atoms with Crippen LogP contribution >= 0.6 is 0 Å². The average molecular weight is 194 g/mol. The lowest BCUT2D eigenvalue weighted by atomic mass is 10.2. The summed E-state index contributed by atoms with van der Waals surface area (Å²) in [5.74, 6) is 0. The van der Waals surface area contributed by atoms with Gasteiger partial charge in [-0.1, -0.05) is 13.8 Å². The van der Waals surface area contributed by atoms with Gasteiger partial charge in [0.15, 0.2) is 0 Å². The minimum Gasteiger partial charge on any atom is -0.351 e. The highest BCUT2D eigenvalue weighted by molar-refractivity contribution is 5.10. The second-order valence-corrected chi connectivity index (χ2v) is 3.90. The van der Waals surface area contributed by atoms with Crippen LogP contribution < -0.4 is 5.32 Å². The van der Waals surface area contributed by atoms with Gasteiger partial charge >= 0.3 is 0 Å². The fourth-order valence-corrected chi connectivity index (χ4v) is 1.46. The van der Waals surface area contributed by atoms with Crippen LogP contribution in [0.2, 0.25) is 0 Å². The molecule has 0 aliphatic heterocycles. The van der Waals surface area contributed by atoms with Crippen molar-refractivity contribution >= 4 is 0 Å². The Morgan fingerprint density at radius 1 is 1.43 bits per heavy atom. The van der Waals surface area contributed by atoms with Crippen LogP contribution in [-0.4, -0.2) is 11.1 Å². The molecule has 1 atom stereocenters. The first-order valence-electron chi connectivity index (χ1n) is 5.65. The van der Waals surface area contributed by atoms with Crippen LogP contribution in [0, 0.1) is 0 Å². The summed E-state index contributed by atoms with van der Waals surface area (Å²) in [4.78, 5) is 0. The summed E-state index contributed by atoms with van der Waals surface area (Å²) in [6.45, 7) is 8.77. The van der Waals surface area contributed by atoms with E-state index in [4.69, 9.17) is 0 Å². The van der Waals surface area contributed by atoms with Crippen LogP contribution in [0.3, 0.4) is 0 Å². The number of hydrogen-bond donors (Lipinski definition) is 1. The molecule has 1 N–H and O–H groups in total. The first kappa shape index (κ1) is 11.3. The van der Waals surface area contributed by atoms with E-state index in [0.717, 1.165) is 13.1 Å². The smallest absolute Gasteiger partial charge is 0.0299 e. The summed E-state index contributed by atoms with van der Waals surface area (Å²) < 4.78 is 2.29. The van der Waals surface area contributed by atoms with Gasteiger partial charge < -0.3 is 9.88 Å². The topological polar surface area (TPSA) is 17.0 Å². The van der Waals surface area contributed by atoms with Crippen molar-refractivity contribution in [2.24, 2.45) is 0 Å². The Bertz CT molecular complexity index is 253. The molecule has 0 amide bonds. The van der Waals surface area contributed by atoms with Gasteiger partial charge in [-0.3, -0.25) is 0 Å². The molecule has 1 heterocycles. The first-order valence-corrected chi connectivity index (χ1v) is 5.65. The lowest BCUT2D eigenvalue weighted by molar-refractivity contribution is 0.531. The van der Waals surface area contributed by atoms with Crippen molar-refractivity contribution in [3.63, 3.8) is 0 Å². The molecule has 1 aromatic heterocycles. The van der Waals surface area contributed by atoms with E-state index in [9.17, 15) is 0 Å². The van der Waals surface area contributed by atoms with Gasteiger partial charge in [-0.15, -0.1) is 0 Å². The maximum Gasteiger partial charge on any atom is 0.0299 e. The Kier molecular flexibility index (Phi) is 4.74. The molecule has 0 spiro atoms. The highest BCUT2D eigenvalue weighted by Gasteiger charge is 2.01. The maximum atomic E-state index is 3.41. The highest BCUT2D eigenvalue weighted by atomic mass is 15.0. The number of rotatable bonds is 6. The van der Waals surface area contributed by atoms with E-state index < -0.39 is 0 Å². The minimum absolute atomic E-state index is 0.620. The second-order valence-electron chi connectivity index (χ2n) is 3.90. The van der Waals surface area contributed by atoms with E-state index in [1.807, 2.05) is 0 Å². The van der Waals surface area contributed by atoms with Crippen molar-refractivity contribution in [3.8, 4) is 0 Å². The molecular weight excluding hydrogens is 172 g/mol. The van der Waals surface area contributed by atoms with Crippen LogP contribution in [0.15, 0.2) is 18.5 Å². The Hall–Kier alpha value is -0.760. The van der Waals surface area contributed by atoms with E-state index in [1.54, 1.807) is 0 Å². The predicted molar refractivity (Wildman–Crippen MR) is 61.4 cm³/mol. The maximum absolute atomic E-state index is 3.41. The molecule has 0 saturated carbocycles. The highest BCUT2D eigenvalue weighted by Crippen LogP contribution is 2.12. The molecule has 0 fully saturated rings. The average Bonchev–Trinajstić information content (AvgIpc) is 2.66. The van der Waals surface area contributed by atoms with E-state index >= 15 is 0 Å². The van der Waals surface area contributed by atoms with Gasteiger partial charge in [-0.25, -0.2) is 0 Å². The largest absolute Gasteiger partial charge is 0.351 e. The zero-order valence-corrected chi connectivity index (χ0v) is 9.59. The van der Waals surface area contributed by atoms with E-state index in [2.05, 4.69) is 49.1 Å². The number of aromatic nitrogens is 1. The van der Waals surface area contributed by atoms with Crippen LogP contribution in [0.25, 0.3) is 0 Å². The molecule has 2 heteroatoms. The predicted octanol–water partition coefficient (Wildman–Crippen LogP) is 2.96. The van der Waals surface area contributed by atoms with Gasteiger partial charge in [0.05, 0.1) is 0 Å². The molecule has 80 valence electrons. The van der Waals surface area contributed by atoms with Crippen molar-refractivity contribution in [1.29, 1.82) is 0 Å². The van der Waals surface area contributed by atoms with Crippen LogP contribution in [0.5, 0.6) is 0 Å². The second kappa shape index (κ2) is 5.86. The zero-order chi connectivity index (χ0) is 10.4. The third-order valence-corrected chi connectivity index (χ3v) is 2.63. The fraction of sp³-hybridized carbons (Fsp3) is 0.667. The van der Waals surface area contributed by atoms with E-state index in [-0.39, 0.29) is 0 Å². The number of nitrogens with zero attached hydrogens (tertiary/aromatic N) is 1. The molecular formula is C12H22N2. The lowest BCUT2D eigenvalue weighted by Crippen LogP contribution is -2.13. The molecule has 1 aromatic rings. The Labute approximate surface area is 87.3 Å². The van der Waals surface area contributed by atoms with E-state index in [0.29, 0.717) is 6.04 Å². The molecule has 0 aliphatic carbocycles. The van der Waals surface area contributed by atoms with Crippen LogP contribution in [0.4, 0.5) is 0 Å². The van der Waals surface area contributed by atoms with Crippen molar-refractivity contribution in [2.75, 3.05) is 6.54 Å². The number of hydrogen-bond acceptors (Lipinski definition) is 1. The molecule has 2 nitrogen and oxygen atoms in total. The van der Waals surface area contributed by atoms with Gasteiger partial charge in [0.1, 0.15) is 0 Å².